The Kier molecular flexibility index (Phi) is 7.01. The molecule has 3 aromatic rings. The van der Waals surface area contributed by atoms with Crippen molar-refractivity contribution in [2.24, 2.45) is 0 Å². The fraction of sp³-hybridized carbons (Fsp3) is 0.125. The number of carbonyl (C=O) groups excluding carboxylic acids is 1. The zero-order chi connectivity index (χ0) is 22.2. The van der Waals surface area contributed by atoms with E-state index >= 15 is 0 Å². The summed E-state index contributed by atoms with van der Waals surface area (Å²) in [6, 6.07) is 21.4. The number of carboxylic acids is 1. The number of benzene rings is 3. The minimum Gasteiger partial charge on any atom is -0.497 e. The van der Waals surface area contributed by atoms with Crippen LogP contribution in [-0.4, -0.2) is 29.8 Å². The molecule has 0 spiro atoms. The summed E-state index contributed by atoms with van der Waals surface area (Å²) in [7, 11) is 1.57. The van der Waals surface area contributed by atoms with Crippen LogP contribution in [0, 0.1) is 5.41 Å². The maximum absolute atomic E-state index is 12.4. The number of hydrogen-bond acceptors (Lipinski definition) is 5. The van der Waals surface area contributed by atoms with E-state index in [1.165, 1.54) is 0 Å². The Hall–Kier alpha value is -4.13. The number of para-hydroxylation sites is 1. The van der Waals surface area contributed by atoms with Crippen LogP contribution in [0.1, 0.15) is 27.9 Å². The van der Waals surface area contributed by atoms with Crippen molar-refractivity contribution >= 4 is 29.0 Å². The molecule has 4 N–H and O–H groups in total. The van der Waals surface area contributed by atoms with Crippen molar-refractivity contribution in [3.05, 3.63) is 89.5 Å². The van der Waals surface area contributed by atoms with E-state index in [1.54, 1.807) is 43.5 Å². The van der Waals surface area contributed by atoms with Crippen LogP contribution in [0.25, 0.3) is 0 Å². The third-order valence-corrected chi connectivity index (χ3v) is 4.63. The van der Waals surface area contributed by atoms with Crippen molar-refractivity contribution in [1.82, 2.24) is 0 Å². The van der Waals surface area contributed by atoms with Crippen LogP contribution in [-0.2, 0) is 11.3 Å². The van der Waals surface area contributed by atoms with E-state index in [1.807, 2.05) is 36.4 Å². The molecule has 3 rings (SSSR count). The molecule has 0 aromatic heterocycles. The molecular weight excluding hydrogens is 394 g/mol. The molecule has 158 valence electrons. The average molecular weight is 417 g/mol. The van der Waals surface area contributed by atoms with E-state index in [-0.39, 0.29) is 18.0 Å². The second-order valence-electron chi connectivity index (χ2n) is 6.83. The van der Waals surface area contributed by atoms with Crippen molar-refractivity contribution in [2.75, 3.05) is 17.7 Å². The first kappa shape index (κ1) is 21.6. The molecule has 0 aliphatic carbocycles. The summed E-state index contributed by atoms with van der Waals surface area (Å²) < 4.78 is 5.10. The molecule has 7 heteroatoms. The molecule has 0 fully saturated rings. The smallest absolute Gasteiger partial charge is 0.309 e. The summed E-state index contributed by atoms with van der Waals surface area (Å²) >= 11 is 0. The lowest BCUT2D eigenvalue weighted by atomic mass is 10.0. The lowest BCUT2D eigenvalue weighted by Crippen LogP contribution is -2.12. The first-order chi connectivity index (χ1) is 15.0. The molecule has 0 atom stereocenters. The lowest BCUT2D eigenvalue weighted by Gasteiger charge is -2.13. The number of aliphatic carboxylic acids is 1. The molecule has 3 aromatic carbocycles. The van der Waals surface area contributed by atoms with Gasteiger partial charge in [-0.2, -0.15) is 0 Å². The standard InChI is InChI=1S/C24H23N3O4/c1-31-19-12-8-17(9-13-19)24(30)27-18-10-6-16(7-11-18)15-26-22-5-3-2-4-20(22)21(25)14-23(28)29/h2-13,25-26H,14-15H2,1H3,(H,27,30)(H,28,29). The zero-order valence-corrected chi connectivity index (χ0v) is 17.0. The number of carboxylic acid groups (broad SMARTS) is 1. The zero-order valence-electron chi connectivity index (χ0n) is 17.0. The van der Waals surface area contributed by atoms with Crippen molar-refractivity contribution in [2.45, 2.75) is 13.0 Å². The van der Waals surface area contributed by atoms with E-state index in [4.69, 9.17) is 15.3 Å². The van der Waals surface area contributed by atoms with E-state index in [0.29, 0.717) is 34.8 Å². The summed E-state index contributed by atoms with van der Waals surface area (Å²) in [5, 5.41) is 23.0. The SMILES string of the molecule is COc1ccc(C(=O)Nc2ccc(CNc3ccccc3C(=N)CC(=O)O)cc2)cc1. The predicted molar refractivity (Wildman–Crippen MR) is 120 cm³/mol. The largest absolute Gasteiger partial charge is 0.497 e. The number of nitrogens with one attached hydrogen (secondary N) is 3. The van der Waals surface area contributed by atoms with Gasteiger partial charge in [0.25, 0.3) is 5.91 Å². The summed E-state index contributed by atoms with van der Waals surface area (Å²) in [5.41, 5.74) is 3.49. The summed E-state index contributed by atoms with van der Waals surface area (Å²) in [5.74, 6) is -0.556. The van der Waals surface area contributed by atoms with Gasteiger partial charge in [-0.15, -0.1) is 0 Å². The summed E-state index contributed by atoms with van der Waals surface area (Å²) in [6.07, 6.45) is -0.332. The number of carbonyl (C=O) groups is 2. The van der Waals surface area contributed by atoms with Crippen molar-refractivity contribution in [3.8, 4) is 5.75 Å². The van der Waals surface area contributed by atoms with Gasteiger partial charge in [-0.3, -0.25) is 9.59 Å². The highest BCUT2D eigenvalue weighted by atomic mass is 16.5. The van der Waals surface area contributed by atoms with Crippen LogP contribution in [0.15, 0.2) is 72.8 Å². The third kappa shape index (κ3) is 5.93. The summed E-state index contributed by atoms with van der Waals surface area (Å²) in [4.78, 5) is 23.3. The first-order valence-electron chi connectivity index (χ1n) is 9.63. The van der Waals surface area contributed by atoms with Gasteiger partial charge in [-0.1, -0.05) is 30.3 Å². The second kappa shape index (κ2) is 10.1. The van der Waals surface area contributed by atoms with Gasteiger partial charge in [0.05, 0.1) is 19.2 Å². The molecule has 0 aliphatic heterocycles. The highest BCUT2D eigenvalue weighted by molar-refractivity contribution is 6.10. The molecule has 7 nitrogen and oxygen atoms in total. The minimum absolute atomic E-state index is 0.0483. The molecule has 0 unspecified atom stereocenters. The van der Waals surface area contributed by atoms with Gasteiger partial charge in [0.15, 0.2) is 0 Å². The quantitative estimate of drug-likeness (QED) is 0.386. The topological polar surface area (TPSA) is 112 Å². The number of hydrogen-bond donors (Lipinski definition) is 4. The Labute approximate surface area is 180 Å². The number of amides is 1. The molecule has 1 amide bonds. The van der Waals surface area contributed by atoms with Gasteiger partial charge in [-0.05, 0) is 48.0 Å². The number of ether oxygens (including phenoxy) is 1. The normalized spacial score (nSPS) is 10.2. The van der Waals surface area contributed by atoms with E-state index in [2.05, 4.69) is 10.6 Å². The molecular formula is C24H23N3O4. The second-order valence-corrected chi connectivity index (χ2v) is 6.83. The Morgan fingerprint density at radius 3 is 2.29 bits per heavy atom. The number of methoxy groups -OCH3 is 1. The molecule has 0 aliphatic rings. The number of anilines is 2. The van der Waals surface area contributed by atoms with Crippen LogP contribution in [0.4, 0.5) is 11.4 Å². The molecule has 0 saturated heterocycles. The monoisotopic (exact) mass is 417 g/mol. The molecule has 31 heavy (non-hydrogen) atoms. The Morgan fingerprint density at radius 2 is 1.65 bits per heavy atom. The predicted octanol–water partition coefficient (Wildman–Crippen LogP) is 4.40. The molecule has 0 saturated carbocycles. The van der Waals surface area contributed by atoms with Crippen LogP contribution in [0.5, 0.6) is 5.75 Å². The molecule has 0 bridgehead atoms. The Balaban J connectivity index is 1.60. The molecule has 0 heterocycles. The Bertz CT molecular complexity index is 1080. The van der Waals surface area contributed by atoms with Crippen LogP contribution < -0.4 is 15.4 Å². The van der Waals surface area contributed by atoms with E-state index < -0.39 is 5.97 Å². The summed E-state index contributed by atoms with van der Waals surface area (Å²) in [6.45, 7) is 0.490. The highest BCUT2D eigenvalue weighted by Gasteiger charge is 2.11. The maximum atomic E-state index is 12.4. The van der Waals surface area contributed by atoms with Gasteiger partial charge < -0.3 is 25.9 Å². The third-order valence-electron chi connectivity index (χ3n) is 4.63. The van der Waals surface area contributed by atoms with Crippen molar-refractivity contribution < 1.29 is 19.4 Å². The van der Waals surface area contributed by atoms with Crippen molar-refractivity contribution in [1.29, 1.82) is 5.41 Å². The lowest BCUT2D eigenvalue weighted by molar-refractivity contribution is -0.135. The van der Waals surface area contributed by atoms with Gasteiger partial charge in [0, 0.05) is 29.0 Å². The Morgan fingerprint density at radius 1 is 0.968 bits per heavy atom. The van der Waals surface area contributed by atoms with Gasteiger partial charge >= 0.3 is 5.97 Å². The van der Waals surface area contributed by atoms with Crippen LogP contribution in [0.2, 0.25) is 0 Å². The maximum Gasteiger partial charge on any atom is 0.309 e. The van der Waals surface area contributed by atoms with Crippen molar-refractivity contribution in [3.63, 3.8) is 0 Å². The number of rotatable bonds is 9. The van der Waals surface area contributed by atoms with E-state index in [9.17, 15) is 9.59 Å². The van der Waals surface area contributed by atoms with Crippen LogP contribution in [0.3, 0.4) is 0 Å². The average Bonchev–Trinajstić information content (AvgIpc) is 2.78. The van der Waals surface area contributed by atoms with Crippen LogP contribution >= 0.6 is 0 Å². The van der Waals surface area contributed by atoms with Gasteiger partial charge in [-0.25, -0.2) is 0 Å². The highest BCUT2D eigenvalue weighted by Crippen LogP contribution is 2.19. The fourth-order valence-electron chi connectivity index (χ4n) is 3.00. The minimum atomic E-state index is -1.04. The first-order valence-corrected chi connectivity index (χ1v) is 9.63. The van der Waals surface area contributed by atoms with Gasteiger partial charge in [0.2, 0.25) is 0 Å². The van der Waals surface area contributed by atoms with Gasteiger partial charge in [0.1, 0.15) is 5.75 Å². The van der Waals surface area contributed by atoms with E-state index in [0.717, 1.165) is 5.56 Å². The molecule has 0 radical (unpaired) electrons. The fourth-order valence-corrected chi connectivity index (χ4v) is 3.00.